The van der Waals surface area contributed by atoms with Crippen molar-refractivity contribution >= 4 is 11.7 Å². The van der Waals surface area contributed by atoms with Crippen molar-refractivity contribution in [3.05, 3.63) is 41.5 Å². The Morgan fingerprint density at radius 3 is 2.66 bits per heavy atom. The Morgan fingerprint density at radius 1 is 1.31 bits per heavy atom. The van der Waals surface area contributed by atoms with E-state index in [0.717, 1.165) is 43.5 Å². The third kappa shape index (κ3) is 4.80. The molecular formula is C25H37N3O4. The average molecular weight is 444 g/mol. The maximum Gasteiger partial charge on any atom is 0.315 e. The lowest BCUT2D eigenvalue weighted by molar-refractivity contribution is -0.0653. The normalized spacial score (nSPS) is 35.2. The first-order valence-electron chi connectivity index (χ1n) is 11.6. The van der Waals surface area contributed by atoms with Gasteiger partial charge in [0, 0.05) is 25.3 Å². The largest absolute Gasteiger partial charge is 0.399 e. The van der Waals surface area contributed by atoms with Crippen molar-refractivity contribution in [3.63, 3.8) is 0 Å². The van der Waals surface area contributed by atoms with E-state index in [1.165, 1.54) is 5.57 Å². The van der Waals surface area contributed by atoms with Crippen LogP contribution in [-0.4, -0.2) is 55.7 Å². The molecule has 3 fully saturated rings. The van der Waals surface area contributed by atoms with Gasteiger partial charge in [0.15, 0.2) is 0 Å². The fraction of sp³-hybridized carbons (Fsp3) is 0.640. The number of epoxide rings is 2. The number of carbonyl (C=O) groups excluding carboxylic acids is 1. The van der Waals surface area contributed by atoms with Gasteiger partial charge in [-0.3, -0.25) is 0 Å². The molecule has 6 atom stereocenters. The summed E-state index contributed by atoms with van der Waals surface area (Å²) in [5, 5.41) is 6.14. The molecule has 176 valence electrons. The molecule has 2 heterocycles. The highest BCUT2D eigenvalue weighted by Gasteiger charge is 2.71. The summed E-state index contributed by atoms with van der Waals surface area (Å²) in [6.07, 6.45) is 5.61. The molecule has 1 aliphatic carbocycles. The molecular weight excluding hydrogens is 406 g/mol. The van der Waals surface area contributed by atoms with Gasteiger partial charge in [0.05, 0.1) is 30.5 Å². The number of rotatable bonds is 8. The number of amides is 2. The van der Waals surface area contributed by atoms with Gasteiger partial charge in [0.2, 0.25) is 0 Å². The summed E-state index contributed by atoms with van der Waals surface area (Å²) in [6, 6.07) is 7.48. The molecule has 1 saturated carbocycles. The van der Waals surface area contributed by atoms with Crippen LogP contribution in [0.2, 0.25) is 0 Å². The summed E-state index contributed by atoms with van der Waals surface area (Å²) in [6.45, 7) is 7.69. The number of carbonyl (C=O) groups is 1. The van der Waals surface area contributed by atoms with Gasteiger partial charge in [-0.1, -0.05) is 23.8 Å². The summed E-state index contributed by atoms with van der Waals surface area (Å²) < 4.78 is 18.2. The van der Waals surface area contributed by atoms with E-state index in [-0.39, 0.29) is 41.4 Å². The van der Waals surface area contributed by atoms with Gasteiger partial charge in [0.1, 0.15) is 5.60 Å². The minimum Gasteiger partial charge on any atom is -0.399 e. The maximum atomic E-state index is 12.6. The average Bonchev–Trinajstić information content (AvgIpc) is 3.66. The first-order chi connectivity index (χ1) is 15.3. The third-order valence-electron chi connectivity index (χ3n) is 7.29. The molecule has 1 aromatic carbocycles. The summed E-state index contributed by atoms with van der Waals surface area (Å²) in [7, 11) is 1.73. The smallest absolute Gasteiger partial charge is 0.315 e. The molecule has 32 heavy (non-hydrogen) atoms. The predicted molar refractivity (Wildman–Crippen MR) is 124 cm³/mol. The van der Waals surface area contributed by atoms with E-state index in [1.807, 2.05) is 24.3 Å². The number of nitrogen functional groups attached to an aromatic ring is 1. The Bertz CT molecular complexity index is 847. The fourth-order valence-corrected chi connectivity index (χ4v) is 5.37. The quantitative estimate of drug-likeness (QED) is 0.325. The van der Waals surface area contributed by atoms with Crippen LogP contribution in [0, 0.1) is 5.92 Å². The van der Waals surface area contributed by atoms with Crippen LogP contribution < -0.4 is 16.4 Å². The number of nitrogens with two attached hydrogens (primary N) is 1. The monoisotopic (exact) mass is 443 g/mol. The molecule has 0 bridgehead atoms. The number of hydrogen-bond donors (Lipinski definition) is 3. The van der Waals surface area contributed by atoms with Crippen LogP contribution >= 0.6 is 0 Å². The summed E-state index contributed by atoms with van der Waals surface area (Å²) in [4.78, 5) is 12.6. The Labute approximate surface area is 191 Å². The number of nitrogens with one attached hydrogen (secondary N) is 2. The van der Waals surface area contributed by atoms with E-state index in [0.29, 0.717) is 6.54 Å². The van der Waals surface area contributed by atoms with E-state index in [1.54, 1.807) is 7.11 Å². The van der Waals surface area contributed by atoms with Crippen LogP contribution in [0.15, 0.2) is 35.9 Å². The van der Waals surface area contributed by atoms with Crippen LogP contribution in [-0.2, 0) is 20.6 Å². The zero-order valence-electron chi connectivity index (χ0n) is 19.6. The lowest BCUT2D eigenvalue weighted by atomic mass is 9.67. The summed E-state index contributed by atoms with van der Waals surface area (Å²) in [5.41, 5.74) is 8.43. The minimum absolute atomic E-state index is 0.0820. The Balaban J connectivity index is 1.35. The number of urea groups is 1. The van der Waals surface area contributed by atoms with Gasteiger partial charge in [-0.25, -0.2) is 4.79 Å². The second-order valence-electron chi connectivity index (χ2n) is 9.88. The second kappa shape index (κ2) is 9.04. The molecule has 2 amide bonds. The van der Waals surface area contributed by atoms with E-state index >= 15 is 0 Å². The van der Waals surface area contributed by atoms with Crippen molar-refractivity contribution in [1.82, 2.24) is 10.6 Å². The topological polar surface area (TPSA) is 101 Å². The minimum atomic E-state index is -0.297. The third-order valence-corrected chi connectivity index (χ3v) is 7.29. The lowest BCUT2D eigenvalue weighted by Gasteiger charge is -2.43. The molecule has 1 aromatic rings. The fourth-order valence-electron chi connectivity index (χ4n) is 5.37. The zero-order valence-corrected chi connectivity index (χ0v) is 19.6. The highest BCUT2D eigenvalue weighted by Crippen LogP contribution is 2.59. The molecule has 1 spiro atoms. The van der Waals surface area contributed by atoms with Crippen LogP contribution in [0.3, 0.4) is 0 Å². The van der Waals surface area contributed by atoms with E-state index < -0.39 is 0 Å². The molecule has 4 N–H and O–H groups in total. The van der Waals surface area contributed by atoms with Gasteiger partial charge in [0.25, 0.3) is 0 Å². The molecule has 0 unspecified atom stereocenters. The molecule has 2 aliphatic heterocycles. The van der Waals surface area contributed by atoms with Crippen LogP contribution in [0.25, 0.3) is 0 Å². The number of benzene rings is 1. The van der Waals surface area contributed by atoms with Gasteiger partial charge in [-0.2, -0.15) is 0 Å². The molecule has 4 rings (SSSR count). The van der Waals surface area contributed by atoms with E-state index in [2.05, 4.69) is 37.5 Å². The van der Waals surface area contributed by atoms with E-state index in [9.17, 15) is 4.79 Å². The molecule has 0 aromatic heterocycles. The van der Waals surface area contributed by atoms with Crippen molar-refractivity contribution < 1.29 is 19.0 Å². The van der Waals surface area contributed by atoms with Crippen molar-refractivity contribution in [2.24, 2.45) is 5.92 Å². The number of methoxy groups -OCH3 is 1. The van der Waals surface area contributed by atoms with Gasteiger partial charge < -0.3 is 30.6 Å². The highest BCUT2D eigenvalue weighted by molar-refractivity contribution is 5.74. The number of allylic oxidation sites excluding steroid dienone is 1. The Morgan fingerprint density at radius 2 is 2.03 bits per heavy atom. The van der Waals surface area contributed by atoms with Crippen LogP contribution in [0.5, 0.6) is 0 Å². The standard InChI is InChI=1S/C25H37N3O4/c1-16(2)5-10-20-24(3,32-20)22-21(30-4)19(11-13-25(22)15-31-25)28-23(29)27-14-12-17-6-8-18(26)9-7-17/h5-9,19-22H,10-15,26H2,1-4H3,(H2,27,28,29)/t19-,20+,21-,22-,24-,25+/m1/s1. The SMILES string of the molecule is CO[C@@H]1[C@H](NC(=O)NCCc2ccc(N)cc2)CC[C@]2(CO2)[C@H]1[C@]1(C)O[C@H]1CC=C(C)C. The van der Waals surface area contributed by atoms with Crippen molar-refractivity contribution in [2.45, 2.75) is 75.9 Å². The van der Waals surface area contributed by atoms with Crippen molar-refractivity contribution in [3.8, 4) is 0 Å². The number of ether oxygens (including phenoxy) is 3. The van der Waals surface area contributed by atoms with Crippen molar-refractivity contribution in [1.29, 1.82) is 0 Å². The van der Waals surface area contributed by atoms with Gasteiger partial charge in [-0.15, -0.1) is 0 Å². The van der Waals surface area contributed by atoms with Crippen LogP contribution in [0.4, 0.5) is 10.5 Å². The first kappa shape index (κ1) is 23.1. The molecule has 7 heteroatoms. The number of anilines is 1. The van der Waals surface area contributed by atoms with E-state index in [4.69, 9.17) is 19.9 Å². The summed E-state index contributed by atoms with van der Waals surface area (Å²) >= 11 is 0. The maximum absolute atomic E-state index is 12.6. The molecule has 2 saturated heterocycles. The van der Waals surface area contributed by atoms with Crippen molar-refractivity contribution in [2.75, 3.05) is 26.0 Å². The highest BCUT2D eigenvalue weighted by atomic mass is 16.6. The second-order valence-corrected chi connectivity index (χ2v) is 9.88. The van der Waals surface area contributed by atoms with Crippen LogP contribution in [0.1, 0.15) is 45.6 Å². The van der Waals surface area contributed by atoms with Gasteiger partial charge >= 0.3 is 6.03 Å². The van der Waals surface area contributed by atoms with Gasteiger partial charge in [-0.05, 0) is 64.2 Å². The zero-order chi connectivity index (χ0) is 22.9. The first-order valence-corrected chi connectivity index (χ1v) is 11.6. The molecule has 3 aliphatic rings. The Kier molecular flexibility index (Phi) is 6.52. The lowest BCUT2D eigenvalue weighted by Crippen LogP contribution is -2.60. The summed E-state index contributed by atoms with van der Waals surface area (Å²) in [5.74, 6) is 0.0874. The molecule has 7 nitrogen and oxygen atoms in total. The molecule has 0 radical (unpaired) electrons. The Hall–Kier alpha value is -2.09. The number of hydrogen-bond acceptors (Lipinski definition) is 5. The predicted octanol–water partition coefficient (Wildman–Crippen LogP) is 3.19.